The number of aromatic nitrogens is 4. The Kier molecular flexibility index (Phi) is 4.77. The molecule has 3 heterocycles. The molecule has 26 heavy (non-hydrogen) atoms. The molecule has 0 saturated carbocycles. The highest BCUT2D eigenvalue weighted by molar-refractivity contribution is 7.98. The Morgan fingerprint density at radius 3 is 2.88 bits per heavy atom. The number of aryl methyl sites for hydroxylation is 1. The van der Waals surface area contributed by atoms with Crippen LogP contribution in [0.2, 0.25) is 0 Å². The first-order chi connectivity index (χ1) is 12.7. The van der Waals surface area contributed by atoms with Crippen LogP contribution in [-0.2, 0) is 12.8 Å². The van der Waals surface area contributed by atoms with Gasteiger partial charge in [-0.15, -0.1) is 21.5 Å². The Bertz CT molecular complexity index is 1010. The average Bonchev–Trinajstić information content (AvgIpc) is 3.37. The summed E-state index contributed by atoms with van der Waals surface area (Å²) in [5.41, 5.74) is 3.29. The predicted octanol–water partition coefficient (Wildman–Crippen LogP) is 4.88. The van der Waals surface area contributed by atoms with E-state index in [0.717, 1.165) is 33.2 Å². The van der Waals surface area contributed by atoms with Crippen molar-refractivity contribution in [3.8, 4) is 11.6 Å². The third-order valence-electron chi connectivity index (χ3n) is 3.86. The van der Waals surface area contributed by atoms with E-state index < -0.39 is 0 Å². The van der Waals surface area contributed by atoms with Gasteiger partial charge in [0.05, 0.1) is 12.0 Å². The molecule has 0 bridgehead atoms. The van der Waals surface area contributed by atoms with E-state index in [9.17, 15) is 0 Å². The molecule has 0 fully saturated rings. The quantitative estimate of drug-likeness (QED) is 0.479. The molecule has 0 spiro atoms. The van der Waals surface area contributed by atoms with E-state index in [0.29, 0.717) is 5.76 Å². The maximum absolute atomic E-state index is 5.39. The van der Waals surface area contributed by atoms with Crippen LogP contribution in [0.3, 0.4) is 0 Å². The van der Waals surface area contributed by atoms with E-state index in [1.165, 1.54) is 5.56 Å². The van der Waals surface area contributed by atoms with Crippen LogP contribution in [-0.4, -0.2) is 19.7 Å². The minimum Gasteiger partial charge on any atom is -0.461 e. The fourth-order valence-corrected chi connectivity index (χ4v) is 4.09. The first-order valence-electron chi connectivity index (χ1n) is 8.04. The molecule has 1 N–H and O–H groups in total. The summed E-state index contributed by atoms with van der Waals surface area (Å²) in [5.74, 6) is 2.17. The third-order valence-corrected chi connectivity index (χ3v) is 5.72. The normalized spacial score (nSPS) is 11.0. The van der Waals surface area contributed by atoms with Gasteiger partial charge in [0.15, 0.2) is 21.9 Å². The van der Waals surface area contributed by atoms with Crippen LogP contribution in [0.4, 0.5) is 10.8 Å². The summed E-state index contributed by atoms with van der Waals surface area (Å²) < 4.78 is 7.33. The van der Waals surface area contributed by atoms with Gasteiger partial charge in [-0.25, -0.2) is 4.98 Å². The van der Waals surface area contributed by atoms with E-state index in [-0.39, 0.29) is 0 Å². The number of para-hydroxylation sites is 1. The highest BCUT2D eigenvalue weighted by Crippen LogP contribution is 2.28. The number of thiazole rings is 1. The molecule has 0 saturated heterocycles. The monoisotopic (exact) mass is 383 g/mol. The van der Waals surface area contributed by atoms with Crippen LogP contribution in [0.15, 0.2) is 57.6 Å². The highest BCUT2D eigenvalue weighted by Gasteiger charge is 2.14. The van der Waals surface area contributed by atoms with Gasteiger partial charge in [0, 0.05) is 23.9 Å². The first-order valence-corrected chi connectivity index (χ1v) is 9.90. The zero-order valence-corrected chi connectivity index (χ0v) is 16.0. The Hall–Kier alpha value is -2.58. The van der Waals surface area contributed by atoms with Crippen molar-refractivity contribution in [3.63, 3.8) is 0 Å². The molecular formula is C18H17N5OS2. The summed E-state index contributed by atoms with van der Waals surface area (Å²) in [6.07, 6.45) is 1.63. The van der Waals surface area contributed by atoms with Crippen LogP contribution >= 0.6 is 23.1 Å². The van der Waals surface area contributed by atoms with Crippen molar-refractivity contribution in [2.45, 2.75) is 17.8 Å². The predicted molar refractivity (Wildman–Crippen MR) is 105 cm³/mol. The molecule has 0 atom stereocenters. The summed E-state index contributed by atoms with van der Waals surface area (Å²) in [7, 11) is 1.94. The van der Waals surface area contributed by atoms with Crippen LogP contribution < -0.4 is 5.32 Å². The Balaban J connectivity index is 1.42. The van der Waals surface area contributed by atoms with E-state index in [2.05, 4.69) is 44.9 Å². The number of rotatable bonds is 6. The summed E-state index contributed by atoms with van der Waals surface area (Å²) in [6.45, 7) is 2.08. The molecule has 0 aliphatic rings. The second-order valence-corrected chi connectivity index (χ2v) is 7.52. The van der Waals surface area contributed by atoms with Crippen molar-refractivity contribution in [1.29, 1.82) is 0 Å². The van der Waals surface area contributed by atoms with E-state index >= 15 is 0 Å². The van der Waals surface area contributed by atoms with Crippen LogP contribution in [0.25, 0.3) is 11.6 Å². The van der Waals surface area contributed by atoms with Crippen LogP contribution in [0, 0.1) is 6.92 Å². The zero-order chi connectivity index (χ0) is 17.9. The van der Waals surface area contributed by atoms with Gasteiger partial charge in [0.25, 0.3) is 0 Å². The summed E-state index contributed by atoms with van der Waals surface area (Å²) in [6, 6.07) is 11.9. The smallest absolute Gasteiger partial charge is 0.200 e. The fourth-order valence-electron chi connectivity index (χ4n) is 2.46. The molecule has 132 valence electrons. The molecular weight excluding hydrogens is 366 g/mol. The number of nitrogens with one attached hydrogen (secondary N) is 1. The Morgan fingerprint density at radius 2 is 2.08 bits per heavy atom. The topological polar surface area (TPSA) is 68.8 Å². The molecule has 4 rings (SSSR count). The molecule has 0 radical (unpaired) electrons. The molecule has 0 unspecified atom stereocenters. The molecule has 0 amide bonds. The largest absolute Gasteiger partial charge is 0.461 e. The number of anilines is 2. The third kappa shape index (κ3) is 3.51. The summed E-state index contributed by atoms with van der Waals surface area (Å²) in [4.78, 5) is 4.66. The van der Waals surface area contributed by atoms with E-state index in [4.69, 9.17) is 4.42 Å². The molecule has 0 aliphatic carbocycles. The second-order valence-electron chi connectivity index (χ2n) is 5.72. The van der Waals surface area contributed by atoms with Gasteiger partial charge < -0.3 is 14.3 Å². The number of hydrogen-bond acceptors (Lipinski definition) is 7. The lowest BCUT2D eigenvalue weighted by Crippen LogP contribution is -1.95. The van der Waals surface area contributed by atoms with Gasteiger partial charge in [0.2, 0.25) is 0 Å². The molecule has 0 aliphatic heterocycles. The van der Waals surface area contributed by atoms with E-state index in [1.807, 2.05) is 35.9 Å². The van der Waals surface area contributed by atoms with Gasteiger partial charge >= 0.3 is 0 Å². The van der Waals surface area contributed by atoms with Crippen molar-refractivity contribution in [3.05, 3.63) is 59.3 Å². The standard InChI is InChI=1S/C18H17N5OS2/c1-12-6-3-4-7-14(12)20-17-19-13(10-25-17)11-26-18-22-21-16(23(18)2)15-8-5-9-24-15/h3-10H,11H2,1-2H3,(H,19,20). The zero-order valence-electron chi connectivity index (χ0n) is 14.3. The molecule has 4 aromatic rings. The number of thioether (sulfide) groups is 1. The van der Waals surface area contributed by atoms with Crippen molar-refractivity contribution in [2.24, 2.45) is 7.05 Å². The lowest BCUT2D eigenvalue weighted by Gasteiger charge is -2.05. The minimum absolute atomic E-state index is 0.713. The van der Waals surface area contributed by atoms with Gasteiger partial charge in [-0.05, 0) is 30.7 Å². The van der Waals surface area contributed by atoms with Crippen LogP contribution in [0.5, 0.6) is 0 Å². The van der Waals surface area contributed by atoms with Crippen molar-refractivity contribution in [1.82, 2.24) is 19.7 Å². The van der Waals surface area contributed by atoms with Crippen molar-refractivity contribution in [2.75, 3.05) is 5.32 Å². The molecule has 3 aromatic heterocycles. The number of furan rings is 1. The molecule has 6 nitrogen and oxygen atoms in total. The molecule has 1 aromatic carbocycles. The molecule has 8 heteroatoms. The van der Waals surface area contributed by atoms with Crippen LogP contribution in [0.1, 0.15) is 11.3 Å². The van der Waals surface area contributed by atoms with Gasteiger partial charge in [-0.1, -0.05) is 30.0 Å². The number of nitrogens with zero attached hydrogens (tertiary/aromatic N) is 4. The maximum atomic E-state index is 5.39. The Morgan fingerprint density at radius 1 is 1.19 bits per heavy atom. The highest BCUT2D eigenvalue weighted by atomic mass is 32.2. The maximum Gasteiger partial charge on any atom is 0.200 e. The van der Waals surface area contributed by atoms with E-state index in [1.54, 1.807) is 29.4 Å². The van der Waals surface area contributed by atoms with Gasteiger partial charge in [-0.2, -0.15) is 0 Å². The minimum atomic E-state index is 0.713. The second kappa shape index (κ2) is 7.35. The van der Waals surface area contributed by atoms with Gasteiger partial charge in [0.1, 0.15) is 0 Å². The summed E-state index contributed by atoms with van der Waals surface area (Å²) >= 11 is 3.21. The first kappa shape index (κ1) is 16.9. The lowest BCUT2D eigenvalue weighted by molar-refractivity contribution is 0.572. The van der Waals surface area contributed by atoms with Gasteiger partial charge in [-0.3, -0.25) is 0 Å². The lowest BCUT2D eigenvalue weighted by atomic mass is 10.2. The summed E-state index contributed by atoms with van der Waals surface area (Å²) in [5, 5.41) is 15.6. The number of benzene rings is 1. The van der Waals surface area contributed by atoms with Crippen molar-refractivity contribution >= 4 is 33.9 Å². The SMILES string of the molecule is Cc1ccccc1Nc1nc(CSc2nnc(-c3ccco3)n2C)cs1. The average molecular weight is 384 g/mol. The Labute approximate surface area is 159 Å². The number of hydrogen-bond donors (Lipinski definition) is 1. The van der Waals surface area contributed by atoms with Crippen molar-refractivity contribution < 1.29 is 4.42 Å². The fraction of sp³-hybridized carbons (Fsp3) is 0.167.